The number of carbonyl (C=O) groups excluding carboxylic acids is 1. The number of carboxylic acids is 1. The summed E-state index contributed by atoms with van der Waals surface area (Å²) in [7, 11) is -2.38. The summed E-state index contributed by atoms with van der Waals surface area (Å²) in [6, 6.07) is 1.17. The number of rotatable bonds is 6. The number of sulfonamides is 1. The summed E-state index contributed by atoms with van der Waals surface area (Å²) in [5, 5.41) is 9.17. The van der Waals surface area contributed by atoms with Crippen LogP contribution in [0, 0.1) is 5.41 Å². The number of hydrogen-bond acceptors (Lipinski definition) is 4. The predicted molar refractivity (Wildman–Crippen MR) is 73.0 cm³/mol. The molecule has 1 fully saturated rings. The van der Waals surface area contributed by atoms with Gasteiger partial charge in [-0.3, -0.25) is 9.59 Å². The van der Waals surface area contributed by atoms with Crippen LogP contribution < -0.4 is 10.5 Å². The molecule has 1 saturated carbocycles. The van der Waals surface area contributed by atoms with Gasteiger partial charge in [-0.1, -0.05) is 6.42 Å². The highest BCUT2D eigenvalue weighted by atomic mass is 32.2. The van der Waals surface area contributed by atoms with E-state index in [1.807, 2.05) is 0 Å². The third-order valence-corrected chi connectivity index (χ3v) is 5.28. The van der Waals surface area contributed by atoms with E-state index in [9.17, 15) is 23.1 Å². The Morgan fingerprint density at radius 3 is 2.48 bits per heavy atom. The third kappa shape index (κ3) is 2.79. The van der Waals surface area contributed by atoms with Crippen LogP contribution in [0.3, 0.4) is 0 Å². The molecule has 0 aromatic carbocycles. The van der Waals surface area contributed by atoms with Gasteiger partial charge in [0.2, 0.25) is 10.0 Å². The molecule has 1 heterocycles. The molecule has 0 bridgehead atoms. The monoisotopic (exact) mass is 315 g/mol. The van der Waals surface area contributed by atoms with Crippen molar-refractivity contribution in [1.82, 2.24) is 9.29 Å². The van der Waals surface area contributed by atoms with Gasteiger partial charge in [0.05, 0.1) is 5.41 Å². The highest BCUT2D eigenvalue weighted by Gasteiger charge is 2.45. The van der Waals surface area contributed by atoms with E-state index in [1.165, 1.54) is 23.9 Å². The topological polar surface area (TPSA) is 131 Å². The molecule has 8 nitrogen and oxygen atoms in total. The fourth-order valence-corrected chi connectivity index (χ4v) is 3.51. The van der Waals surface area contributed by atoms with Gasteiger partial charge in [0, 0.05) is 19.8 Å². The molecule has 1 aromatic heterocycles. The van der Waals surface area contributed by atoms with Crippen molar-refractivity contribution in [2.75, 3.05) is 6.54 Å². The fourth-order valence-electron chi connectivity index (χ4n) is 2.31. The lowest BCUT2D eigenvalue weighted by Crippen LogP contribution is -2.47. The van der Waals surface area contributed by atoms with Gasteiger partial charge >= 0.3 is 5.97 Å². The first kappa shape index (κ1) is 15.5. The Morgan fingerprint density at radius 1 is 1.48 bits per heavy atom. The Kier molecular flexibility index (Phi) is 3.81. The zero-order chi connectivity index (χ0) is 15.8. The first-order chi connectivity index (χ1) is 9.68. The largest absolute Gasteiger partial charge is 0.481 e. The van der Waals surface area contributed by atoms with Crippen molar-refractivity contribution in [3.8, 4) is 0 Å². The maximum absolute atomic E-state index is 12.2. The summed E-state index contributed by atoms with van der Waals surface area (Å²) in [6.45, 7) is -0.161. The molecule has 0 saturated heterocycles. The van der Waals surface area contributed by atoms with E-state index in [-0.39, 0.29) is 17.1 Å². The quantitative estimate of drug-likeness (QED) is 0.660. The third-order valence-electron chi connectivity index (χ3n) is 3.91. The van der Waals surface area contributed by atoms with Crippen LogP contribution in [0.5, 0.6) is 0 Å². The smallest absolute Gasteiger partial charge is 0.310 e. The van der Waals surface area contributed by atoms with E-state index in [2.05, 4.69) is 4.72 Å². The van der Waals surface area contributed by atoms with Crippen LogP contribution in [0.2, 0.25) is 0 Å². The molecule has 0 spiro atoms. The van der Waals surface area contributed by atoms with Crippen molar-refractivity contribution in [1.29, 1.82) is 0 Å². The van der Waals surface area contributed by atoms with Crippen molar-refractivity contribution in [2.45, 2.75) is 24.2 Å². The number of primary amides is 1. The van der Waals surface area contributed by atoms with Gasteiger partial charge in [-0.2, -0.15) is 0 Å². The summed E-state index contributed by atoms with van der Waals surface area (Å²) in [5.41, 5.74) is 4.17. The number of nitrogens with two attached hydrogens (primary N) is 1. The van der Waals surface area contributed by atoms with E-state index >= 15 is 0 Å². The van der Waals surface area contributed by atoms with Crippen molar-refractivity contribution in [3.05, 3.63) is 18.0 Å². The molecule has 0 unspecified atom stereocenters. The Bertz CT molecular complexity index is 688. The highest BCUT2D eigenvalue weighted by Crippen LogP contribution is 2.40. The van der Waals surface area contributed by atoms with Crippen LogP contribution >= 0.6 is 0 Å². The molecule has 21 heavy (non-hydrogen) atoms. The average molecular weight is 315 g/mol. The van der Waals surface area contributed by atoms with Crippen molar-refractivity contribution >= 4 is 21.9 Å². The molecule has 0 radical (unpaired) electrons. The molecule has 1 aliphatic rings. The molecule has 1 aromatic rings. The molecule has 116 valence electrons. The molecule has 0 aliphatic heterocycles. The number of aromatic nitrogens is 1. The summed E-state index contributed by atoms with van der Waals surface area (Å²) in [5.74, 6) is -1.73. The van der Waals surface area contributed by atoms with Crippen LogP contribution in [0.25, 0.3) is 0 Å². The van der Waals surface area contributed by atoms with Gasteiger partial charge in [0.25, 0.3) is 5.91 Å². The lowest BCUT2D eigenvalue weighted by Gasteiger charge is -2.37. The lowest BCUT2D eigenvalue weighted by atomic mass is 9.69. The SMILES string of the molecule is Cn1cc(S(=O)(=O)NCC2(C(=O)O)CCC2)cc1C(N)=O. The van der Waals surface area contributed by atoms with Crippen LogP contribution in [-0.2, 0) is 21.9 Å². The normalized spacial score (nSPS) is 17.2. The van der Waals surface area contributed by atoms with Crippen LogP contribution in [0.4, 0.5) is 0 Å². The number of carbonyl (C=O) groups is 2. The van der Waals surface area contributed by atoms with Gasteiger partial charge in [0.15, 0.2) is 0 Å². The lowest BCUT2D eigenvalue weighted by molar-refractivity contribution is -0.153. The standard InChI is InChI=1S/C12H17N3O5S/c1-15-6-8(5-9(15)10(13)16)21(19,20)14-7-12(11(17)18)3-2-4-12/h5-6,14H,2-4,7H2,1H3,(H2,13,16)(H,17,18). The van der Waals surface area contributed by atoms with Gasteiger partial charge in [-0.05, 0) is 18.9 Å². The maximum atomic E-state index is 12.2. The molecule has 1 amide bonds. The summed E-state index contributed by atoms with van der Waals surface area (Å²) >= 11 is 0. The number of carboxylic acid groups (broad SMARTS) is 1. The molecular formula is C12H17N3O5S. The predicted octanol–water partition coefficient (Wildman–Crippen LogP) is -0.343. The number of aryl methyl sites for hydroxylation is 1. The zero-order valence-electron chi connectivity index (χ0n) is 11.5. The molecule has 2 rings (SSSR count). The van der Waals surface area contributed by atoms with Crippen molar-refractivity contribution in [3.63, 3.8) is 0 Å². The Morgan fingerprint density at radius 2 is 2.10 bits per heavy atom. The van der Waals surface area contributed by atoms with Gasteiger partial charge in [-0.15, -0.1) is 0 Å². The van der Waals surface area contributed by atoms with Crippen LogP contribution in [-0.4, -0.2) is 36.5 Å². The molecule has 0 atom stereocenters. The van der Waals surface area contributed by atoms with E-state index < -0.39 is 27.3 Å². The number of amides is 1. The van der Waals surface area contributed by atoms with Crippen molar-refractivity contribution < 1.29 is 23.1 Å². The Hall–Kier alpha value is -1.87. The summed E-state index contributed by atoms with van der Waals surface area (Å²) in [6.07, 6.45) is 2.93. The molecule has 9 heteroatoms. The second kappa shape index (κ2) is 5.15. The fraction of sp³-hybridized carbons (Fsp3) is 0.500. The van der Waals surface area contributed by atoms with Crippen LogP contribution in [0.1, 0.15) is 29.8 Å². The maximum Gasteiger partial charge on any atom is 0.310 e. The second-order valence-corrected chi connectivity index (χ2v) is 7.07. The highest BCUT2D eigenvalue weighted by molar-refractivity contribution is 7.89. The minimum atomic E-state index is -3.88. The molecular weight excluding hydrogens is 298 g/mol. The number of aliphatic carboxylic acids is 1. The first-order valence-corrected chi connectivity index (χ1v) is 7.85. The first-order valence-electron chi connectivity index (χ1n) is 6.37. The Labute approximate surface area is 122 Å². The number of hydrogen-bond donors (Lipinski definition) is 3. The van der Waals surface area contributed by atoms with E-state index in [4.69, 9.17) is 5.73 Å². The number of nitrogens with one attached hydrogen (secondary N) is 1. The Balaban J connectivity index is 2.17. The van der Waals surface area contributed by atoms with Gasteiger partial charge < -0.3 is 15.4 Å². The molecule has 1 aliphatic carbocycles. The summed E-state index contributed by atoms with van der Waals surface area (Å²) < 4.78 is 27.9. The van der Waals surface area contributed by atoms with Gasteiger partial charge in [0.1, 0.15) is 10.6 Å². The molecule has 4 N–H and O–H groups in total. The summed E-state index contributed by atoms with van der Waals surface area (Å²) in [4.78, 5) is 22.2. The second-order valence-electron chi connectivity index (χ2n) is 5.30. The minimum absolute atomic E-state index is 0.0620. The van der Waals surface area contributed by atoms with E-state index in [0.717, 1.165) is 6.42 Å². The van der Waals surface area contributed by atoms with Crippen LogP contribution in [0.15, 0.2) is 17.2 Å². The van der Waals surface area contributed by atoms with E-state index in [1.54, 1.807) is 0 Å². The number of nitrogens with zero attached hydrogens (tertiary/aromatic N) is 1. The van der Waals surface area contributed by atoms with Crippen molar-refractivity contribution in [2.24, 2.45) is 18.2 Å². The minimum Gasteiger partial charge on any atom is -0.481 e. The zero-order valence-corrected chi connectivity index (χ0v) is 12.3. The average Bonchev–Trinajstić information content (AvgIpc) is 2.70. The van der Waals surface area contributed by atoms with Gasteiger partial charge in [-0.25, -0.2) is 13.1 Å². The van der Waals surface area contributed by atoms with E-state index in [0.29, 0.717) is 12.8 Å².